The fraction of sp³-hybridized carbons (Fsp3) is 0.579. The summed E-state index contributed by atoms with van der Waals surface area (Å²) >= 11 is 0. The molecule has 12 heteroatoms. The molecule has 0 fully saturated rings. The van der Waals surface area contributed by atoms with Crippen molar-refractivity contribution >= 4 is 0 Å². The van der Waals surface area contributed by atoms with Gasteiger partial charge in [0.2, 0.25) is 0 Å². The van der Waals surface area contributed by atoms with Gasteiger partial charge in [-0.15, -0.1) is 12.8 Å². The van der Waals surface area contributed by atoms with Gasteiger partial charge >= 0.3 is 0 Å². The second kappa shape index (κ2) is 30.9. The molecule has 4 atom stereocenters. The van der Waals surface area contributed by atoms with Crippen LogP contribution in [0, 0.1) is 24.7 Å². The lowest BCUT2D eigenvalue weighted by molar-refractivity contribution is -0.149. The third-order valence-electron chi connectivity index (χ3n) is 6.88. The molecule has 50 heavy (non-hydrogen) atoms. The molecule has 0 aliphatic carbocycles. The molecule has 12 nitrogen and oxygen atoms in total. The standard InChI is InChI=1S/C38H54O12/c1-3-17-41-19-21-43-23-25-45-27-29-47-35(31-49-37(39)33-11-7-5-8-12-33)15-16-36(32-50-38(40)34-13-9-6-10-14-34)48-30-28-46-26-24-44-22-20-42-18-4-2/h1-2,5-14,35-40H,15-32H2. The Kier molecular flexibility index (Phi) is 26.7. The minimum atomic E-state index is -1.10. The molecule has 0 spiro atoms. The number of hydrogen-bond acceptors (Lipinski definition) is 12. The lowest BCUT2D eigenvalue weighted by Crippen LogP contribution is -2.29. The van der Waals surface area contributed by atoms with Crippen molar-refractivity contribution < 1.29 is 57.6 Å². The molecule has 278 valence electrons. The van der Waals surface area contributed by atoms with Crippen LogP contribution in [-0.2, 0) is 47.4 Å². The molecule has 2 aromatic rings. The van der Waals surface area contributed by atoms with Crippen LogP contribution < -0.4 is 0 Å². The van der Waals surface area contributed by atoms with Crippen molar-refractivity contribution in [3.8, 4) is 24.7 Å². The fourth-order valence-electron chi connectivity index (χ4n) is 4.32. The van der Waals surface area contributed by atoms with Crippen LogP contribution in [0.15, 0.2) is 60.7 Å². The van der Waals surface area contributed by atoms with Gasteiger partial charge in [-0.25, -0.2) is 0 Å². The van der Waals surface area contributed by atoms with Crippen LogP contribution in [0.5, 0.6) is 0 Å². The normalized spacial score (nSPS) is 13.7. The van der Waals surface area contributed by atoms with Gasteiger partial charge in [0.05, 0.1) is 105 Å². The Labute approximate surface area is 297 Å². The zero-order valence-electron chi connectivity index (χ0n) is 28.9. The molecule has 0 saturated heterocycles. The molecule has 0 bridgehead atoms. The molecule has 0 amide bonds. The molecule has 2 N–H and O–H groups in total. The number of aliphatic hydroxyl groups is 2. The van der Waals surface area contributed by atoms with Gasteiger partial charge in [-0.2, -0.15) is 0 Å². The maximum atomic E-state index is 10.6. The zero-order valence-corrected chi connectivity index (χ0v) is 28.9. The first-order valence-corrected chi connectivity index (χ1v) is 16.9. The lowest BCUT2D eigenvalue weighted by atomic mass is 10.1. The summed E-state index contributed by atoms with van der Waals surface area (Å²) in [6.45, 7) is 5.46. The highest BCUT2D eigenvalue weighted by atomic mass is 16.6. The van der Waals surface area contributed by atoms with E-state index in [1.807, 2.05) is 36.4 Å². The molecule has 0 aromatic heterocycles. The van der Waals surface area contributed by atoms with E-state index in [1.54, 1.807) is 24.3 Å². The Morgan fingerprint density at radius 1 is 0.440 bits per heavy atom. The van der Waals surface area contributed by atoms with Gasteiger partial charge in [-0.3, -0.25) is 0 Å². The number of ether oxygens (including phenoxy) is 10. The highest BCUT2D eigenvalue weighted by Crippen LogP contribution is 2.19. The van der Waals surface area contributed by atoms with Crippen molar-refractivity contribution in [2.75, 3.05) is 106 Å². The van der Waals surface area contributed by atoms with E-state index in [4.69, 9.17) is 60.2 Å². The number of rotatable bonds is 33. The van der Waals surface area contributed by atoms with E-state index in [1.165, 1.54) is 0 Å². The van der Waals surface area contributed by atoms with E-state index >= 15 is 0 Å². The van der Waals surface area contributed by atoms with Gasteiger partial charge in [0.25, 0.3) is 0 Å². The summed E-state index contributed by atoms with van der Waals surface area (Å²) in [4.78, 5) is 0. The molecule has 2 aromatic carbocycles. The van der Waals surface area contributed by atoms with E-state index in [-0.39, 0.29) is 38.6 Å². The number of terminal acetylenes is 2. The molecule has 0 aliphatic rings. The maximum Gasteiger partial charge on any atom is 0.181 e. The first kappa shape index (κ1) is 43.2. The van der Waals surface area contributed by atoms with Gasteiger partial charge in [-0.05, 0) is 12.8 Å². The number of hydrogen-bond donors (Lipinski definition) is 2. The SMILES string of the molecule is C#CCOCCOCCOCCOC(CCC(COC(O)c1ccccc1)OCCOCCOCCOCC#C)COC(O)c1ccccc1. The average Bonchev–Trinajstić information content (AvgIpc) is 3.15. The zero-order chi connectivity index (χ0) is 35.7. The van der Waals surface area contributed by atoms with Crippen LogP contribution in [0.3, 0.4) is 0 Å². The molecule has 0 saturated carbocycles. The Morgan fingerprint density at radius 3 is 1.10 bits per heavy atom. The lowest BCUT2D eigenvalue weighted by Gasteiger charge is -2.24. The van der Waals surface area contributed by atoms with Crippen LogP contribution in [0.25, 0.3) is 0 Å². The average molecular weight is 703 g/mol. The Morgan fingerprint density at radius 2 is 0.760 bits per heavy atom. The summed E-state index contributed by atoms with van der Waals surface area (Å²) < 4.78 is 56.3. The number of aliphatic hydroxyl groups excluding tert-OH is 2. The van der Waals surface area contributed by atoms with Gasteiger partial charge in [0.15, 0.2) is 12.6 Å². The van der Waals surface area contributed by atoms with Crippen LogP contribution >= 0.6 is 0 Å². The third kappa shape index (κ3) is 22.7. The van der Waals surface area contributed by atoms with Gasteiger partial charge in [-0.1, -0.05) is 72.5 Å². The summed E-state index contributed by atoms with van der Waals surface area (Å²) in [7, 11) is 0. The molecular formula is C38H54O12. The second-order valence-corrected chi connectivity index (χ2v) is 10.7. The van der Waals surface area contributed by atoms with E-state index in [0.29, 0.717) is 103 Å². The quantitative estimate of drug-likeness (QED) is 0.0643. The van der Waals surface area contributed by atoms with E-state index in [9.17, 15) is 10.2 Å². The Balaban J connectivity index is 1.84. The minimum Gasteiger partial charge on any atom is -0.377 e. The predicted molar refractivity (Wildman–Crippen MR) is 186 cm³/mol. The van der Waals surface area contributed by atoms with E-state index in [0.717, 1.165) is 0 Å². The summed E-state index contributed by atoms with van der Waals surface area (Å²) in [5, 5.41) is 21.2. The van der Waals surface area contributed by atoms with Crippen molar-refractivity contribution in [1.29, 1.82) is 0 Å². The number of benzene rings is 2. The van der Waals surface area contributed by atoms with Crippen molar-refractivity contribution in [2.24, 2.45) is 0 Å². The largest absolute Gasteiger partial charge is 0.377 e. The molecule has 0 heterocycles. The smallest absolute Gasteiger partial charge is 0.181 e. The van der Waals surface area contributed by atoms with Gasteiger partial charge in [0, 0.05) is 11.1 Å². The van der Waals surface area contributed by atoms with Crippen LogP contribution in [0.4, 0.5) is 0 Å². The molecule has 2 rings (SSSR count). The predicted octanol–water partition coefficient (Wildman–Crippen LogP) is 3.32. The van der Waals surface area contributed by atoms with Crippen molar-refractivity contribution in [1.82, 2.24) is 0 Å². The van der Waals surface area contributed by atoms with Crippen LogP contribution in [0.2, 0.25) is 0 Å². The third-order valence-corrected chi connectivity index (χ3v) is 6.88. The molecule has 0 aliphatic heterocycles. The van der Waals surface area contributed by atoms with Crippen LogP contribution in [-0.4, -0.2) is 128 Å². The van der Waals surface area contributed by atoms with Crippen molar-refractivity contribution in [2.45, 2.75) is 37.6 Å². The first-order chi connectivity index (χ1) is 24.6. The van der Waals surface area contributed by atoms with Crippen LogP contribution in [0.1, 0.15) is 36.5 Å². The Bertz CT molecular complexity index is 1030. The van der Waals surface area contributed by atoms with Gasteiger partial charge < -0.3 is 57.6 Å². The van der Waals surface area contributed by atoms with Crippen molar-refractivity contribution in [3.05, 3.63) is 71.8 Å². The van der Waals surface area contributed by atoms with E-state index in [2.05, 4.69) is 11.8 Å². The molecule has 0 radical (unpaired) electrons. The summed E-state index contributed by atoms with van der Waals surface area (Å²) in [6.07, 6.45) is 8.36. The highest BCUT2D eigenvalue weighted by molar-refractivity contribution is 5.16. The maximum absolute atomic E-state index is 10.6. The fourth-order valence-corrected chi connectivity index (χ4v) is 4.32. The van der Waals surface area contributed by atoms with Crippen molar-refractivity contribution in [3.63, 3.8) is 0 Å². The topological polar surface area (TPSA) is 133 Å². The highest BCUT2D eigenvalue weighted by Gasteiger charge is 2.19. The molecule has 4 unspecified atom stereocenters. The summed E-state index contributed by atoms with van der Waals surface area (Å²) in [6, 6.07) is 18.3. The minimum absolute atomic E-state index is 0.133. The Hall–Kier alpha value is -2.92. The second-order valence-electron chi connectivity index (χ2n) is 10.7. The van der Waals surface area contributed by atoms with E-state index < -0.39 is 12.6 Å². The first-order valence-electron chi connectivity index (χ1n) is 16.9. The summed E-state index contributed by atoms with van der Waals surface area (Å²) in [5.41, 5.74) is 1.29. The summed E-state index contributed by atoms with van der Waals surface area (Å²) in [5.74, 6) is 4.81. The molecular weight excluding hydrogens is 648 g/mol. The monoisotopic (exact) mass is 702 g/mol. The van der Waals surface area contributed by atoms with Gasteiger partial charge in [0.1, 0.15) is 13.2 Å².